The molecule has 0 aliphatic rings. The largest absolute Gasteiger partial charge is 0.490 e. The van der Waals surface area contributed by atoms with E-state index in [0.717, 1.165) is 18.6 Å². The topological polar surface area (TPSA) is 44.8 Å². The van der Waals surface area contributed by atoms with Gasteiger partial charge in [0.05, 0.1) is 12.2 Å². The second kappa shape index (κ2) is 13.0. The summed E-state index contributed by atoms with van der Waals surface area (Å²) in [5.41, 5.74) is 1.96. The molecule has 2 aromatic carbocycles. The van der Waals surface area contributed by atoms with E-state index >= 15 is 0 Å². The quantitative estimate of drug-likeness (QED) is 0.256. The number of ether oxygens (including phenoxy) is 3. The van der Waals surface area contributed by atoms with Crippen molar-refractivity contribution in [3.63, 3.8) is 0 Å². The summed E-state index contributed by atoms with van der Waals surface area (Å²) >= 11 is 0. The van der Waals surface area contributed by atoms with Crippen LogP contribution in [0.4, 0.5) is 0 Å². The number of hydrogen-bond donors (Lipinski definition) is 0. The van der Waals surface area contributed by atoms with Gasteiger partial charge in [-0.15, -0.1) is 0 Å². The van der Waals surface area contributed by atoms with Crippen molar-refractivity contribution in [3.8, 4) is 11.5 Å². The summed E-state index contributed by atoms with van der Waals surface area (Å²) < 4.78 is 16.8. The Morgan fingerprint density at radius 2 is 1.23 bits per heavy atom. The first-order chi connectivity index (χ1) is 14.9. The van der Waals surface area contributed by atoms with Crippen molar-refractivity contribution in [1.29, 1.82) is 0 Å². The predicted molar refractivity (Wildman–Crippen MR) is 126 cm³/mol. The van der Waals surface area contributed by atoms with Crippen molar-refractivity contribution in [1.82, 2.24) is 0 Å². The Morgan fingerprint density at radius 1 is 0.710 bits per heavy atom. The zero-order valence-corrected chi connectivity index (χ0v) is 19.6. The highest BCUT2D eigenvalue weighted by Crippen LogP contribution is 2.24. The van der Waals surface area contributed by atoms with E-state index in [4.69, 9.17) is 14.2 Å². The van der Waals surface area contributed by atoms with E-state index in [9.17, 15) is 4.79 Å². The van der Waals surface area contributed by atoms with Gasteiger partial charge in [0.25, 0.3) is 0 Å². The first-order valence-electron chi connectivity index (χ1n) is 11.5. The van der Waals surface area contributed by atoms with Gasteiger partial charge in [0.15, 0.2) is 0 Å². The van der Waals surface area contributed by atoms with Crippen LogP contribution < -0.4 is 9.47 Å². The first-order valence-corrected chi connectivity index (χ1v) is 11.5. The van der Waals surface area contributed by atoms with E-state index < -0.39 is 0 Å². The van der Waals surface area contributed by atoms with Crippen molar-refractivity contribution in [2.24, 2.45) is 0 Å². The molecular formula is C27H38O4. The second-order valence-corrected chi connectivity index (χ2v) is 8.90. The normalized spacial score (nSPS) is 11.2. The molecule has 0 radical (unpaired) electrons. The van der Waals surface area contributed by atoms with Gasteiger partial charge in [0.1, 0.15) is 24.7 Å². The van der Waals surface area contributed by atoms with E-state index in [1.54, 1.807) is 24.3 Å². The first kappa shape index (κ1) is 24.8. The second-order valence-electron chi connectivity index (χ2n) is 8.90. The fraction of sp³-hybridized carbons (Fsp3) is 0.519. The highest BCUT2D eigenvalue weighted by molar-refractivity contribution is 5.89. The molecule has 0 amide bonds. The lowest BCUT2D eigenvalue weighted by molar-refractivity contribution is 0.0497. The van der Waals surface area contributed by atoms with Crippen molar-refractivity contribution in [2.75, 3.05) is 19.8 Å². The van der Waals surface area contributed by atoms with E-state index in [0.29, 0.717) is 31.1 Å². The third-order valence-corrected chi connectivity index (χ3v) is 5.16. The molecule has 0 aliphatic heterocycles. The van der Waals surface area contributed by atoms with Gasteiger partial charge in [-0.2, -0.15) is 0 Å². The monoisotopic (exact) mass is 426 g/mol. The number of esters is 1. The Morgan fingerprint density at radius 3 is 1.77 bits per heavy atom. The highest BCUT2D eigenvalue weighted by Gasteiger charge is 2.13. The molecule has 0 unspecified atom stereocenters. The minimum absolute atomic E-state index is 0.133. The zero-order chi connectivity index (χ0) is 22.5. The summed E-state index contributed by atoms with van der Waals surface area (Å²) in [5.74, 6) is 1.27. The van der Waals surface area contributed by atoms with Crippen LogP contribution in [0, 0.1) is 0 Å². The average Bonchev–Trinajstić information content (AvgIpc) is 2.76. The summed E-state index contributed by atoms with van der Waals surface area (Å²) in [4.78, 5) is 12.1. The lowest BCUT2D eigenvalue weighted by Crippen LogP contribution is -2.11. The average molecular weight is 427 g/mol. The molecule has 31 heavy (non-hydrogen) atoms. The maximum atomic E-state index is 12.1. The number of carbonyl (C=O) groups excluding carboxylic acids is 1. The van der Waals surface area contributed by atoms with E-state index in [2.05, 4.69) is 39.8 Å². The lowest BCUT2D eigenvalue weighted by atomic mass is 9.87. The SMILES string of the molecule is CCCCCCCCOC(=O)c1ccc(OCCOc2ccc(C(C)(C)C)cc2)cc1. The van der Waals surface area contributed by atoms with Crippen molar-refractivity contribution >= 4 is 5.97 Å². The number of carbonyl (C=O) groups is 1. The van der Waals surface area contributed by atoms with E-state index in [1.807, 2.05) is 12.1 Å². The van der Waals surface area contributed by atoms with Crippen LogP contribution in [-0.4, -0.2) is 25.8 Å². The van der Waals surface area contributed by atoms with Crippen LogP contribution in [0.25, 0.3) is 0 Å². The molecule has 0 aliphatic carbocycles. The maximum absolute atomic E-state index is 12.1. The van der Waals surface area contributed by atoms with Crippen molar-refractivity contribution in [3.05, 3.63) is 59.7 Å². The number of rotatable bonds is 13. The molecule has 0 bridgehead atoms. The van der Waals surface area contributed by atoms with Crippen LogP contribution in [0.5, 0.6) is 11.5 Å². The van der Waals surface area contributed by atoms with E-state index in [-0.39, 0.29) is 11.4 Å². The predicted octanol–water partition coefficient (Wildman–Crippen LogP) is 6.96. The minimum Gasteiger partial charge on any atom is -0.490 e. The molecule has 0 spiro atoms. The molecule has 2 aromatic rings. The molecular weight excluding hydrogens is 388 g/mol. The van der Waals surface area contributed by atoms with Gasteiger partial charge in [0.2, 0.25) is 0 Å². The Kier molecular flexibility index (Phi) is 10.4. The summed E-state index contributed by atoms with van der Waals surface area (Å²) in [6, 6.07) is 15.2. The van der Waals surface area contributed by atoms with Crippen LogP contribution >= 0.6 is 0 Å². The summed E-state index contributed by atoms with van der Waals surface area (Å²) in [7, 11) is 0. The third-order valence-electron chi connectivity index (χ3n) is 5.16. The smallest absolute Gasteiger partial charge is 0.338 e. The molecule has 0 fully saturated rings. The van der Waals surface area contributed by atoms with Gasteiger partial charge in [-0.25, -0.2) is 4.79 Å². The Hall–Kier alpha value is -2.49. The van der Waals surface area contributed by atoms with E-state index in [1.165, 1.54) is 31.2 Å². The number of benzene rings is 2. The molecule has 0 atom stereocenters. The van der Waals surface area contributed by atoms with Crippen molar-refractivity contribution < 1.29 is 19.0 Å². The van der Waals surface area contributed by atoms with Crippen LogP contribution in [0.1, 0.15) is 82.1 Å². The zero-order valence-electron chi connectivity index (χ0n) is 19.6. The van der Waals surface area contributed by atoms with Crippen LogP contribution in [-0.2, 0) is 10.2 Å². The van der Waals surface area contributed by atoms with Gasteiger partial charge in [-0.05, 0) is 53.8 Å². The molecule has 0 N–H and O–H groups in total. The molecule has 0 saturated heterocycles. The highest BCUT2D eigenvalue weighted by atomic mass is 16.5. The Bertz CT molecular complexity index is 757. The van der Waals surface area contributed by atoms with Gasteiger partial charge in [0, 0.05) is 0 Å². The minimum atomic E-state index is -0.276. The van der Waals surface area contributed by atoms with Gasteiger partial charge >= 0.3 is 5.97 Å². The Labute approximate surface area is 187 Å². The van der Waals surface area contributed by atoms with Gasteiger partial charge in [-0.3, -0.25) is 0 Å². The molecule has 4 nitrogen and oxygen atoms in total. The molecule has 0 saturated carbocycles. The maximum Gasteiger partial charge on any atom is 0.338 e. The number of unbranched alkanes of at least 4 members (excludes halogenated alkanes) is 5. The molecule has 0 heterocycles. The fourth-order valence-electron chi connectivity index (χ4n) is 3.19. The number of hydrogen-bond acceptors (Lipinski definition) is 4. The lowest BCUT2D eigenvalue weighted by Gasteiger charge is -2.19. The Balaban J connectivity index is 1.64. The molecule has 0 aromatic heterocycles. The van der Waals surface area contributed by atoms with Gasteiger partial charge < -0.3 is 14.2 Å². The van der Waals surface area contributed by atoms with Crippen molar-refractivity contribution in [2.45, 2.75) is 71.6 Å². The molecule has 2 rings (SSSR count). The van der Waals surface area contributed by atoms with Gasteiger partial charge in [-0.1, -0.05) is 71.9 Å². The summed E-state index contributed by atoms with van der Waals surface area (Å²) in [6.45, 7) is 10.2. The summed E-state index contributed by atoms with van der Waals surface area (Å²) in [6.07, 6.45) is 7.04. The molecule has 4 heteroatoms. The summed E-state index contributed by atoms with van der Waals surface area (Å²) in [5, 5.41) is 0. The fourth-order valence-corrected chi connectivity index (χ4v) is 3.19. The van der Waals surface area contributed by atoms with Crippen LogP contribution in [0.15, 0.2) is 48.5 Å². The third kappa shape index (κ3) is 9.46. The standard InChI is InChI=1S/C27H38O4/c1-5-6-7-8-9-10-19-31-26(28)22-11-15-24(16-12-22)29-20-21-30-25-17-13-23(14-18-25)27(2,3)4/h11-18H,5-10,19-21H2,1-4H3. The molecule has 170 valence electrons. The van der Waals surface area contributed by atoms with Crippen LogP contribution in [0.2, 0.25) is 0 Å². The van der Waals surface area contributed by atoms with Crippen LogP contribution in [0.3, 0.4) is 0 Å².